The summed E-state index contributed by atoms with van der Waals surface area (Å²) in [5.74, 6) is 0. The number of hydrogen-bond donors (Lipinski definition) is 0. The van der Waals surface area contributed by atoms with Crippen molar-refractivity contribution >= 4 is 5.57 Å². The molecule has 0 radical (unpaired) electrons. The van der Waals surface area contributed by atoms with Gasteiger partial charge in [0.25, 0.3) is 0 Å². The van der Waals surface area contributed by atoms with Gasteiger partial charge in [-0.15, -0.1) is 0 Å². The molecule has 28 heavy (non-hydrogen) atoms. The third-order valence-electron chi connectivity index (χ3n) is 5.46. The van der Waals surface area contributed by atoms with Crippen molar-refractivity contribution < 1.29 is 13.2 Å². The zero-order chi connectivity index (χ0) is 20.9. The summed E-state index contributed by atoms with van der Waals surface area (Å²) < 4.78 is 39.4. The molecule has 0 saturated heterocycles. The molecule has 0 N–H and O–H groups in total. The summed E-state index contributed by atoms with van der Waals surface area (Å²) >= 11 is 0. The second kappa shape index (κ2) is 9.31. The Hall–Kier alpha value is -2.23. The molecule has 0 bridgehead atoms. The van der Waals surface area contributed by atoms with Gasteiger partial charge in [0.15, 0.2) is 0 Å². The molecule has 1 aliphatic heterocycles. The molecule has 0 unspecified atom stereocenters. The van der Waals surface area contributed by atoms with Crippen LogP contribution < -0.4 is 0 Å². The van der Waals surface area contributed by atoms with Crippen LogP contribution >= 0.6 is 0 Å². The fourth-order valence-electron chi connectivity index (χ4n) is 3.51. The van der Waals surface area contributed by atoms with Crippen molar-refractivity contribution in [2.24, 2.45) is 0 Å². The molecular formula is C24H30F3N. The molecule has 0 fully saturated rings. The minimum Gasteiger partial charge on any atom is -0.367 e. The molecule has 1 aromatic rings. The van der Waals surface area contributed by atoms with Gasteiger partial charge in [-0.05, 0) is 69.4 Å². The Morgan fingerprint density at radius 3 is 2.39 bits per heavy atom. The second-order valence-corrected chi connectivity index (χ2v) is 7.34. The molecule has 152 valence electrons. The van der Waals surface area contributed by atoms with Crippen molar-refractivity contribution in [1.82, 2.24) is 4.90 Å². The van der Waals surface area contributed by atoms with Gasteiger partial charge in [0.05, 0.1) is 5.57 Å². The van der Waals surface area contributed by atoms with Crippen molar-refractivity contribution in [3.8, 4) is 0 Å². The summed E-state index contributed by atoms with van der Waals surface area (Å²) in [6.45, 7) is 11.3. The maximum atomic E-state index is 13.1. The lowest BCUT2D eigenvalue weighted by Crippen LogP contribution is -2.30. The van der Waals surface area contributed by atoms with E-state index < -0.39 is 11.7 Å². The number of alkyl halides is 3. The van der Waals surface area contributed by atoms with Gasteiger partial charge in [-0.1, -0.05) is 48.4 Å². The molecule has 0 amide bonds. The predicted molar refractivity (Wildman–Crippen MR) is 112 cm³/mol. The van der Waals surface area contributed by atoms with Crippen molar-refractivity contribution in [2.45, 2.75) is 53.6 Å². The minimum absolute atomic E-state index is 0.614. The molecule has 4 heteroatoms. The van der Waals surface area contributed by atoms with Crippen LogP contribution in [0, 0.1) is 6.92 Å². The monoisotopic (exact) mass is 389 g/mol. The van der Waals surface area contributed by atoms with Gasteiger partial charge in [0.1, 0.15) is 0 Å². The molecule has 1 aromatic carbocycles. The summed E-state index contributed by atoms with van der Waals surface area (Å²) in [4.78, 5) is 2.22. The number of benzene rings is 1. The number of halogens is 3. The normalized spacial score (nSPS) is 17.4. The smallest absolute Gasteiger partial charge is 0.367 e. The molecule has 1 heterocycles. The van der Waals surface area contributed by atoms with Gasteiger partial charge < -0.3 is 4.90 Å². The van der Waals surface area contributed by atoms with E-state index in [1.807, 2.05) is 26.0 Å². The summed E-state index contributed by atoms with van der Waals surface area (Å²) in [6.07, 6.45) is 1.34. The van der Waals surface area contributed by atoms with Crippen molar-refractivity contribution in [3.05, 3.63) is 76.0 Å². The van der Waals surface area contributed by atoms with Crippen LogP contribution in [0.2, 0.25) is 0 Å². The van der Waals surface area contributed by atoms with Gasteiger partial charge in [-0.25, -0.2) is 0 Å². The fraction of sp³-hybridized carbons (Fsp3) is 0.417. The van der Waals surface area contributed by atoms with Gasteiger partial charge in [-0.2, -0.15) is 13.2 Å². The zero-order valence-electron chi connectivity index (χ0n) is 17.5. The van der Waals surface area contributed by atoms with E-state index in [9.17, 15) is 13.2 Å². The lowest BCUT2D eigenvalue weighted by molar-refractivity contribution is -0.0883. The molecule has 0 spiro atoms. The Labute approximate surface area is 166 Å². The zero-order valence-corrected chi connectivity index (χ0v) is 17.5. The molecule has 0 saturated carbocycles. The van der Waals surface area contributed by atoms with E-state index in [4.69, 9.17) is 0 Å². The topological polar surface area (TPSA) is 3.24 Å². The number of hydrogen-bond acceptors (Lipinski definition) is 1. The van der Waals surface area contributed by atoms with Gasteiger partial charge in [-0.3, -0.25) is 0 Å². The van der Waals surface area contributed by atoms with Crippen LogP contribution in [0.4, 0.5) is 13.2 Å². The second-order valence-electron chi connectivity index (χ2n) is 7.34. The molecule has 0 aliphatic carbocycles. The van der Waals surface area contributed by atoms with E-state index in [2.05, 4.69) is 30.9 Å². The number of aryl methyl sites for hydroxylation is 1. The van der Waals surface area contributed by atoms with Crippen LogP contribution in [-0.4, -0.2) is 24.2 Å². The maximum absolute atomic E-state index is 13.1. The van der Waals surface area contributed by atoms with Gasteiger partial charge in [0, 0.05) is 18.8 Å². The Kier molecular flexibility index (Phi) is 7.34. The summed E-state index contributed by atoms with van der Waals surface area (Å²) in [5, 5.41) is 0. The molecule has 2 rings (SSSR count). The highest BCUT2D eigenvalue weighted by Gasteiger charge is 2.31. The van der Waals surface area contributed by atoms with Crippen LogP contribution in [0.15, 0.2) is 64.9 Å². The summed E-state index contributed by atoms with van der Waals surface area (Å²) in [6, 6.07) is 8.30. The van der Waals surface area contributed by atoms with Crippen LogP contribution in [0.5, 0.6) is 0 Å². The average Bonchev–Trinajstić information content (AvgIpc) is 2.65. The van der Waals surface area contributed by atoms with Crippen LogP contribution in [-0.2, 0) is 0 Å². The highest BCUT2D eigenvalue weighted by molar-refractivity contribution is 5.73. The largest absolute Gasteiger partial charge is 0.416 e. The maximum Gasteiger partial charge on any atom is 0.416 e. The van der Waals surface area contributed by atoms with Crippen LogP contribution in [0.3, 0.4) is 0 Å². The first-order valence-electron chi connectivity index (χ1n) is 9.79. The highest BCUT2D eigenvalue weighted by Crippen LogP contribution is 2.32. The number of nitrogens with zero attached hydrogens (tertiary/aromatic N) is 1. The standard InChI is InChI=1S/C24H30F3N/c1-6-17(3)23(13-12-20(7-2)24(25,26)27)28-15-14-19(5)22(16-28)21-11-9-8-10-18(21)4/h7-13H,6,14-16H2,1-5H3/b13-12-,20-7+,23-17-. The Bertz CT molecular complexity index is 822. The lowest BCUT2D eigenvalue weighted by Gasteiger charge is -2.34. The number of allylic oxidation sites excluding steroid dienone is 5. The first-order chi connectivity index (χ1) is 13.2. The van der Waals surface area contributed by atoms with E-state index in [1.54, 1.807) is 6.08 Å². The third-order valence-corrected chi connectivity index (χ3v) is 5.46. The van der Waals surface area contributed by atoms with E-state index >= 15 is 0 Å². The molecule has 0 aromatic heterocycles. The third kappa shape index (κ3) is 5.18. The molecule has 1 aliphatic rings. The van der Waals surface area contributed by atoms with Crippen molar-refractivity contribution in [1.29, 1.82) is 0 Å². The van der Waals surface area contributed by atoms with E-state index in [1.165, 1.54) is 35.3 Å². The summed E-state index contributed by atoms with van der Waals surface area (Å²) in [5.41, 5.74) is 6.46. The van der Waals surface area contributed by atoms with E-state index in [0.29, 0.717) is 6.54 Å². The average molecular weight is 390 g/mol. The van der Waals surface area contributed by atoms with Crippen molar-refractivity contribution in [2.75, 3.05) is 13.1 Å². The minimum atomic E-state index is -4.33. The van der Waals surface area contributed by atoms with E-state index in [0.717, 1.165) is 36.7 Å². The Morgan fingerprint density at radius 2 is 1.82 bits per heavy atom. The van der Waals surface area contributed by atoms with Gasteiger partial charge >= 0.3 is 6.18 Å². The number of rotatable bonds is 5. The quantitative estimate of drug-likeness (QED) is 0.480. The molecule has 1 nitrogen and oxygen atoms in total. The fourth-order valence-corrected chi connectivity index (χ4v) is 3.51. The van der Waals surface area contributed by atoms with Gasteiger partial charge in [0.2, 0.25) is 0 Å². The summed E-state index contributed by atoms with van der Waals surface area (Å²) in [7, 11) is 0. The van der Waals surface area contributed by atoms with E-state index in [-0.39, 0.29) is 0 Å². The molecular weight excluding hydrogens is 359 g/mol. The molecule has 0 atom stereocenters. The Morgan fingerprint density at radius 1 is 1.14 bits per heavy atom. The SMILES string of the molecule is C\C=C(/C=C\C(=C(/C)CC)N1CCC(C)=C(c2ccccc2C)C1)C(F)(F)F. The van der Waals surface area contributed by atoms with Crippen LogP contribution in [0.25, 0.3) is 5.57 Å². The predicted octanol–water partition coefficient (Wildman–Crippen LogP) is 7.22. The van der Waals surface area contributed by atoms with Crippen LogP contribution in [0.1, 0.15) is 51.7 Å². The lowest BCUT2D eigenvalue weighted by atomic mass is 9.91. The first-order valence-corrected chi connectivity index (χ1v) is 9.79. The van der Waals surface area contributed by atoms with Crippen molar-refractivity contribution in [3.63, 3.8) is 0 Å². The Balaban J connectivity index is 2.38. The first kappa shape index (κ1) is 22.1. The highest BCUT2D eigenvalue weighted by atomic mass is 19.4.